The Labute approximate surface area is 109 Å². The van der Waals surface area contributed by atoms with Crippen molar-refractivity contribution in [3.05, 3.63) is 0 Å². The molecular weight excluding hydrogens is 367 g/mol. The third-order valence-electron chi connectivity index (χ3n) is 2.18. The van der Waals surface area contributed by atoms with E-state index < -0.39 is 41.8 Å². The summed E-state index contributed by atoms with van der Waals surface area (Å²) in [4.78, 5) is 9.45. The van der Waals surface area contributed by atoms with Crippen LogP contribution >= 0.6 is 0 Å². The largest absolute Gasteiger partial charge is 0.460 e. The molecule has 0 rings (SSSR count). The van der Waals surface area contributed by atoms with Gasteiger partial charge in [-0.05, 0) is 0 Å². The Hall–Kier alpha value is -1.31. The summed E-state index contributed by atoms with van der Waals surface area (Å²) in [5.41, 5.74) is 0. The lowest BCUT2D eigenvalue weighted by Crippen LogP contribution is -2.70. The fourth-order valence-corrected chi connectivity index (χ4v) is 0.893. The molecule has 0 fully saturated rings. The number of halogens is 14. The lowest BCUT2D eigenvalue weighted by molar-refractivity contribution is -0.436. The molecule has 0 aromatic heterocycles. The molecule has 0 aliphatic carbocycles. The van der Waals surface area contributed by atoms with E-state index in [2.05, 4.69) is 0 Å². The summed E-state index contributed by atoms with van der Waals surface area (Å²) in [5, 5.41) is 0. The van der Waals surface area contributed by atoms with Gasteiger partial charge in [-0.3, -0.25) is 4.79 Å². The molecule has 0 amide bonds. The van der Waals surface area contributed by atoms with Crippen LogP contribution in [0.5, 0.6) is 0 Å². The maximum Gasteiger partial charge on any atom is 0.460 e. The van der Waals surface area contributed by atoms with Gasteiger partial charge < -0.3 is 0 Å². The molecule has 0 saturated carbocycles. The molecule has 0 spiro atoms. The third-order valence-corrected chi connectivity index (χ3v) is 2.18. The zero-order valence-corrected chi connectivity index (χ0v) is 9.20. The highest BCUT2D eigenvalue weighted by molar-refractivity contribution is 5.78. The van der Waals surface area contributed by atoms with E-state index in [9.17, 15) is 66.3 Å². The lowest BCUT2D eigenvalue weighted by Gasteiger charge is -2.38. The van der Waals surface area contributed by atoms with E-state index in [0.717, 1.165) is 0 Å². The van der Waals surface area contributed by atoms with Gasteiger partial charge in [0.15, 0.2) is 0 Å². The molecule has 0 bridgehead atoms. The smallest absolute Gasteiger partial charge is 0.254 e. The molecule has 0 radical (unpaired) electrons. The highest BCUT2D eigenvalue weighted by atomic mass is 19.4. The molecule has 1 nitrogen and oxygen atoms in total. The topological polar surface area (TPSA) is 17.1 Å². The van der Waals surface area contributed by atoms with E-state index in [1.807, 2.05) is 0 Å². The average molecular weight is 367 g/mol. The van der Waals surface area contributed by atoms with E-state index in [1.165, 1.54) is 0 Å². The first-order valence-corrected chi connectivity index (χ1v) is 4.35. The number of alkyl halides is 13. The Morgan fingerprint density at radius 2 is 0.773 bits per heavy atom. The van der Waals surface area contributed by atoms with Gasteiger partial charge in [0.25, 0.3) is 0 Å². The van der Waals surface area contributed by atoms with Crippen LogP contribution in [0.3, 0.4) is 0 Å². The molecule has 0 heterocycles. The number of hydrogen-bond acceptors (Lipinski definition) is 1. The molecule has 22 heavy (non-hydrogen) atoms. The Bertz CT molecular complexity index is 445. The van der Waals surface area contributed by atoms with Crippen molar-refractivity contribution in [1.29, 1.82) is 0 Å². The highest BCUT2D eigenvalue weighted by Gasteiger charge is 2.91. The summed E-state index contributed by atoms with van der Waals surface area (Å²) in [7, 11) is 0. The van der Waals surface area contributed by atoms with Crippen LogP contribution in [0.2, 0.25) is 0 Å². The molecule has 0 N–H and O–H groups in total. The van der Waals surface area contributed by atoms with Crippen LogP contribution in [0, 0.1) is 0 Å². The van der Waals surface area contributed by atoms with E-state index >= 15 is 0 Å². The Kier molecular flexibility index (Phi) is 4.55. The predicted octanol–water partition coefficient (Wildman–Crippen LogP) is 4.22. The van der Waals surface area contributed by atoms with Gasteiger partial charge in [0.1, 0.15) is 0 Å². The van der Waals surface area contributed by atoms with Crippen molar-refractivity contribution in [3.8, 4) is 0 Å². The van der Waals surface area contributed by atoms with Crippen molar-refractivity contribution in [3.63, 3.8) is 0 Å². The van der Waals surface area contributed by atoms with Crippen molar-refractivity contribution in [2.75, 3.05) is 0 Å². The van der Waals surface area contributed by atoms with E-state index in [-0.39, 0.29) is 0 Å². The third kappa shape index (κ3) is 2.37. The van der Waals surface area contributed by atoms with Crippen molar-refractivity contribution in [2.45, 2.75) is 35.8 Å². The number of rotatable bonds is 5. The van der Waals surface area contributed by atoms with Gasteiger partial charge in [0.05, 0.1) is 0 Å². The first-order valence-electron chi connectivity index (χ1n) is 4.35. The molecule has 15 heteroatoms. The molecule has 0 unspecified atom stereocenters. The predicted molar refractivity (Wildman–Crippen MR) is 36.9 cm³/mol. The highest BCUT2D eigenvalue weighted by Crippen LogP contribution is 2.60. The maximum absolute atomic E-state index is 12.6. The number of carbonyl (C=O) groups is 1. The first-order chi connectivity index (χ1) is 9.19. The Morgan fingerprint density at radius 1 is 0.500 bits per heavy atom. The first kappa shape index (κ1) is 20.7. The number of hydrogen-bond donors (Lipinski definition) is 0. The zero-order chi connectivity index (χ0) is 18.6. The van der Waals surface area contributed by atoms with E-state index in [4.69, 9.17) is 0 Å². The molecule has 0 saturated heterocycles. The normalized spacial score (nSPS) is 15.9. The molecule has 0 aliphatic rings. The van der Waals surface area contributed by atoms with Crippen LogP contribution in [0.15, 0.2) is 0 Å². The van der Waals surface area contributed by atoms with Gasteiger partial charge in [0.2, 0.25) is 0 Å². The molecule has 0 aromatic carbocycles. The molecule has 0 aliphatic heterocycles. The van der Waals surface area contributed by atoms with Crippen LogP contribution in [-0.4, -0.2) is 41.8 Å². The van der Waals surface area contributed by atoms with Crippen LogP contribution < -0.4 is 0 Å². The summed E-state index contributed by atoms with van der Waals surface area (Å²) in [6, 6.07) is -4.65. The van der Waals surface area contributed by atoms with Gasteiger partial charge in [-0.2, -0.15) is 61.5 Å². The van der Waals surface area contributed by atoms with Gasteiger partial charge in [-0.15, -0.1) is 0 Å². The van der Waals surface area contributed by atoms with Crippen LogP contribution in [0.4, 0.5) is 61.5 Å². The molecule has 132 valence electrons. The average Bonchev–Trinajstić information content (AvgIpc) is 2.25. The summed E-state index contributed by atoms with van der Waals surface area (Å²) in [6.45, 7) is 0. The summed E-state index contributed by atoms with van der Waals surface area (Å²) in [5.74, 6) is -39.4. The van der Waals surface area contributed by atoms with Crippen molar-refractivity contribution < 1.29 is 66.3 Å². The maximum atomic E-state index is 12.6. The monoisotopic (exact) mass is 367 g/mol. The SMILES string of the molecule is O=[13C](F)C(F)(F)C(F)(F)C(F)(F)C(F)(F)C(F)(F)C(F)(F)F. The lowest BCUT2D eigenvalue weighted by atomic mass is 9.96. The minimum absolute atomic E-state index is 4.65. The Morgan fingerprint density at radius 3 is 1.00 bits per heavy atom. The Balaban J connectivity index is 6.29. The van der Waals surface area contributed by atoms with Crippen LogP contribution in [0.25, 0.3) is 0 Å². The standard InChI is InChI=1S/C7F14O/c8-1(22)2(9,10)3(11,12)4(13,14)5(15,16)6(17,18)7(19,20)21/i1+1. The van der Waals surface area contributed by atoms with Gasteiger partial charge in [-0.25, -0.2) is 0 Å². The van der Waals surface area contributed by atoms with E-state index in [0.29, 0.717) is 0 Å². The molecule has 0 aromatic rings. The van der Waals surface area contributed by atoms with Crippen LogP contribution in [0.1, 0.15) is 0 Å². The van der Waals surface area contributed by atoms with Gasteiger partial charge in [-0.1, -0.05) is 0 Å². The molecular formula is C7F14O. The minimum Gasteiger partial charge on any atom is -0.254 e. The van der Waals surface area contributed by atoms with Crippen molar-refractivity contribution >= 4 is 6.04 Å². The van der Waals surface area contributed by atoms with Crippen molar-refractivity contribution in [1.82, 2.24) is 0 Å². The minimum atomic E-state index is -8.15. The second-order valence-electron chi connectivity index (χ2n) is 3.64. The zero-order valence-electron chi connectivity index (χ0n) is 9.20. The number of carbonyl (C=O) groups excluding carboxylic acids is 1. The van der Waals surface area contributed by atoms with Gasteiger partial charge >= 0.3 is 41.8 Å². The fraction of sp³-hybridized carbons (Fsp3) is 0.857. The summed E-state index contributed by atoms with van der Waals surface area (Å²) < 4.78 is 170. The second kappa shape index (κ2) is 4.84. The fourth-order valence-electron chi connectivity index (χ4n) is 0.893. The van der Waals surface area contributed by atoms with Gasteiger partial charge in [0, 0.05) is 0 Å². The second-order valence-corrected chi connectivity index (χ2v) is 3.64. The summed E-state index contributed by atoms with van der Waals surface area (Å²) in [6.07, 6.45) is -7.55. The van der Waals surface area contributed by atoms with Crippen molar-refractivity contribution in [2.24, 2.45) is 0 Å². The van der Waals surface area contributed by atoms with Crippen LogP contribution in [-0.2, 0) is 4.79 Å². The quantitative estimate of drug-likeness (QED) is 0.404. The molecule has 0 atom stereocenters. The van der Waals surface area contributed by atoms with E-state index in [1.54, 1.807) is 0 Å². The summed E-state index contributed by atoms with van der Waals surface area (Å²) >= 11 is 0.